The van der Waals surface area contributed by atoms with E-state index in [1.165, 1.54) is 19.2 Å². The second kappa shape index (κ2) is 6.39. The van der Waals surface area contributed by atoms with Crippen molar-refractivity contribution in [2.75, 3.05) is 12.4 Å². The Morgan fingerprint density at radius 3 is 2.67 bits per heavy atom. The molecule has 0 saturated carbocycles. The summed E-state index contributed by atoms with van der Waals surface area (Å²) in [6.45, 7) is 4.27. The number of aryl methyl sites for hydroxylation is 2. The van der Waals surface area contributed by atoms with Crippen LogP contribution in [0.3, 0.4) is 0 Å². The van der Waals surface area contributed by atoms with E-state index in [1.54, 1.807) is 12.1 Å². The van der Waals surface area contributed by atoms with Crippen molar-refractivity contribution in [2.24, 2.45) is 0 Å². The monoisotopic (exact) mass is 287 g/mol. The number of anilines is 1. The summed E-state index contributed by atoms with van der Waals surface area (Å²) < 4.78 is 18.1. The van der Waals surface area contributed by atoms with Gasteiger partial charge in [-0.2, -0.15) is 0 Å². The summed E-state index contributed by atoms with van der Waals surface area (Å²) in [5, 5.41) is 3.17. The largest absolute Gasteiger partial charge is 0.465 e. The van der Waals surface area contributed by atoms with Gasteiger partial charge in [-0.05, 0) is 49.2 Å². The first kappa shape index (κ1) is 15.0. The summed E-state index contributed by atoms with van der Waals surface area (Å²) in [5.74, 6) is -0.660. The average molecular weight is 287 g/mol. The molecule has 0 saturated heterocycles. The van der Waals surface area contributed by atoms with Gasteiger partial charge in [0.05, 0.1) is 12.7 Å². The highest BCUT2D eigenvalue weighted by atomic mass is 19.1. The molecule has 0 bridgehead atoms. The van der Waals surface area contributed by atoms with Crippen molar-refractivity contribution in [1.82, 2.24) is 0 Å². The Kier molecular flexibility index (Phi) is 4.58. The molecule has 0 amide bonds. The van der Waals surface area contributed by atoms with Crippen molar-refractivity contribution in [1.29, 1.82) is 0 Å². The minimum absolute atomic E-state index is 0.269. The van der Waals surface area contributed by atoms with E-state index in [0.717, 1.165) is 16.7 Å². The van der Waals surface area contributed by atoms with Crippen LogP contribution < -0.4 is 5.32 Å². The number of methoxy groups -OCH3 is 1. The lowest BCUT2D eigenvalue weighted by Crippen LogP contribution is -2.09. The summed E-state index contributed by atoms with van der Waals surface area (Å²) in [4.78, 5) is 11.8. The maximum absolute atomic E-state index is 13.3. The first-order valence-electron chi connectivity index (χ1n) is 6.69. The van der Waals surface area contributed by atoms with E-state index in [9.17, 15) is 9.18 Å². The molecule has 3 nitrogen and oxygen atoms in total. The van der Waals surface area contributed by atoms with Gasteiger partial charge in [0.2, 0.25) is 0 Å². The smallest absolute Gasteiger partial charge is 0.339 e. The Morgan fingerprint density at radius 1 is 1.19 bits per heavy atom. The highest BCUT2D eigenvalue weighted by Crippen LogP contribution is 2.20. The fourth-order valence-electron chi connectivity index (χ4n) is 2.11. The first-order chi connectivity index (χ1) is 10.0. The Labute approximate surface area is 123 Å². The highest BCUT2D eigenvalue weighted by molar-refractivity contribution is 5.95. The minimum Gasteiger partial charge on any atom is -0.465 e. The minimum atomic E-state index is -0.392. The van der Waals surface area contributed by atoms with E-state index in [2.05, 4.69) is 5.32 Å². The molecule has 0 unspecified atom stereocenters. The number of carbonyl (C=O) groups excluding carboxylic acids is 1. The number of benzene rings is 2. The maximum atomic E-state index is 13.3. The van der Waals surface area contributed by atoms with Crippen molar-refractivity contribution in [3.63, 3.8) is 0 Å². The number of esters is 1. The van der Waals surface area contributed by atoms with Crippen LogP contribution in [0.1, 0.15) is 27.0 Å². The van der Waals surface area contributed by atoms with E-state index in [-0.39, 0.29) is 5.82 Å². The molecule has 0 aromatic heterocycles. The van der Waals surface area contributed by atoms with Gasteiger partial charge in [-0.25, -0.2) is 9.18 Å². The zero-order valence-corrected chi connectivity index (χ0v) is 12.4. The van der Waals surface area contributed by atoms with Gasteiger partial charge < -0.3 is 10.1 Å². The van der Waals surface area contributed by atoms with Crippen LogP contribution in [-0.4, -0.2) is 13.1 Å². The lowest BCUT2D eigenvalue weighted by Gasteiger charge is -2.13. The van der Waals surface area contributed by atoms with E-state index in [4.69, 9.17) is 4.74 Å². The van der Waals surface area contributed by atoms with Gasteiger partial charge in [0.15, 0.2) is 0 Å². The highest BCUT2D eigenvalue weighted by Gasteiger charge is 2.12. The molecule has 0 atom stereocenters. The van der Waals surface area contributed by atoms with Crippen LogP contribution in [0.2, 0.25) is 0 Å². The van der Waals surface area contributed by atoms with Crippen LogP contribution in [0.25, 0.3) is 0 Å². The van der Waals surface area contributed by atoms with Gasteiger partial charge >= 0.3 is 5.97 Å². The van der Waals surface area contributed by atoms with Gasteiger partial charge in [0.1, 0.15) is 5.82 Å². The number of halogens is 1. The molecule has 21 heavy (non-hydrogen) atoms. The summed E-state index contributed by atoms with van der Waals surface area (Å²) in [6, 6.07) is 10.2. The van der Waals surface area contributed by atoms with Crippen LogP contribution in [0.5, 0.6) is 0 Å². The van der Waals surface area contributed by atoms with Gasteiger partial charge in [-0.1, -0.05) is 17.7 Å². The molecule has 0 radical (unpaired) electrons. The van der Waals surface area contributed by atoms with Crippen molar-refractivity contribution in [3.05, 3.63) is 64.5 Å². The Hall–Kier alpha value is -2.36. The van der Waals surface area contributed by atoms with Crippen LogP contribution in [-0.2, 0) is 11.3 Å². The number of hydrogen-bond donors (Lipinski definition) is 1. The topological polar surface area (TPSA) is 38.3 Å². The van der Waals surface area contributed by atoms with E-state index >= 15 is 0 Å². The number of ether oxygens (including phenoxy) is 1. The molecule has 0 aliphatic heterocycles. The third kappa shape index (κ3) is 3.60. The van der Waals surface area contributed by atoms with Crippen LogP contribution in [0.15, 0.2) is 36.4 Å². The molecular weight excluding hydrogens is 269 g/mol. The normalized spacial score (nSPS) is 10.3. The molecule has 0 aliphatic carbocycles. The fourth-order valence-corrected chi connectivity index (χ4v) is 2.11. The fraction of sp³-hybridized carbons (Fsp3) is 0.235. The summed E-state index contributed by atoms with van der Waals surface area (Å²) in [5.41, 5.74) is 3.98. The zero-order chi connectivity index (χ0) is 15.4. The molecule has 110 valence electrons. The molecule has 2 aromatic carbocycles. The summed E-state index contributed by atoms with van der Waals surface area (Å²) in [6.07, 6.45) is 0. The van der Waals surface area contributed by atoms with Crippen LogP contribution in [0, 0.1) is 19.7 Å². The molecule has 0 fully saturated rings. The molecule has 1 N–H and O–H groups in total. The van der Waals surface area contributed by atoms with E-state index in [1.807, 2.05) is 26.0 Å². The number of nitrogens with one attached hydrogen (secondary N) is 1. The number of rotatable bonds is 4. The van der Waals surface area contributed by atoms with E-state index in [0.29, 0.717) is 17.8 Å². The van der Waals surface area contributed by atoms with Crippen molar-refractivity contribution >= 4 is 11.7 Å². The molecule has 2 rings (SSSR count). The van der Waals surface area contributed by atoms with Crippen LogP contribution in [0.4, 0.5) is 10.1 Å². The molecular formula is C17H18FNO2. The van der Waals surface area contributed by atoms with Crippen molar-refractivity contribution in [3.8, 4) is 0 Å². The third-order valence-corrected chi connectivity index (χ3v) is 3.36. The van der Waals surface area contributed by atoms with Crippen molar-refractivity contribution < 1.29 is 13.9 Å². The molecule has 0 spiro atoms. The molecule has 0 aliphatic rings. The van der Waals surface area contributed by atoms with E-state index < -0.39 is 5.97 Å². The third-order valence-electron chi connectivity index (χ3n) is 3.36. The van der Waals surface area contributed by atoms with Gasteiger partial charge in [0.25, 0.3) is 0 Å². The lowest BCUT2D eigenvalue weighted by molar-refractivity contribution is 0.0601. The second-order valence-electron chi connectivity index (χ2n) is 4.96. The van der Waals surface area contributed by atoms with Crippen LogP contribution >= 0.6 is 0 Å². The molecule has 2 aromatic rings. The van der Waals surface area contributed by atoms with Gasteiger partial charge in [-0.15, -0.1) is 0 Å². The molecule has 4 heteroatoms. The predicted molar refractivity (Wildman–Crippen MR) is 81.0 cm³/mol. The maximum Gasteiger partial charge on any atom is 0.339 e. The lowest BCUT2D eigenvalue weighted by atomic mass is 10.1. The second-order valence-corrected chi connectivity index (χ2v) is 4.96. The zero-order valence-electron chi connectivity index (χ0n) is 12.4. The molecule has 0 heterocycles. The number of carbonyl (C=O) groups is 1. The summed E-state index contributed by atoms with van der Waals surface area (Å²) in [7, 11) is 1.35. The standard InChI is InChI=1S/C17H18FNO2/c1-11-4-7-16(15(8-11)17(20)21-3)19-10-13-9-14(18)6-5-12(13)2/h4-9,19H,10H2,1-3H3. The van der Waals surface area contributed by atoms with Crippen molar-refractivity contribution in [2.45, 2.75) is 20.4 Å². The Bertz CT molecular complexity index is 668. The predicted octanol–water partition coefficient (Wildman–Crippen LogP) is 3.84. The quantitative estimate of drug-likeness (QED) is 0.868. The van der Waals surface area contributed by atoms with Gasteiger partial charge in [-0.3, -0.25) is 0 Å². The Morgan fingerprint density at radius 2 is 1.95 bits per heavy atom. The SMILES string of the molecule is COC(=O)c1cc(C)ccc1NCc1cc(F)ccc1C. The average Bonchev–Trinajstić information content (AvgIpc) is 2.48. The first-order valence-corrected chi connectivity index (χ1v) is 6.69. The van der Waals surface area contributed by atoms with Gasteiger partial charge in [0, 0.05) is 12.2 Å². The summed E-state index contributed by atoms with van der Waals surface area (Å²) >= 11 is 0. The number of hydrogen-bond acceptors (Lipinski definition) is 3. The Balaban J connectivity index is 2.24.